The summed E-state index contributed by atoms with van der Waals surface area (Å²) in [6.45, 7) is 0. The summed E-state index contributed by atoms with van der Waals surface area (Å²) in [4.78, 5) is -0.167. The number of halogens is 2. The number of nitrogens with zero attached hydrogens (tertiary/aromatic N) is 1. The van der Waals surface area contributed by atoms with Crippen molar-refractivity contribution in [2.45, 2.75) is 23.6 Å². The first-order valence-corrected chi connectivity index (χ1v) is 9.17. The van der Waals surface area contributed by atoms with E-state index in [0.717, 1.165) is 18.4 Å². The fourth-order valence-corrected chi connectivity index (χ4v) is 3.88. The quantitative estimate of drug-likeness (QED) is 0.901. The standard InChI is InChI=1S/C17H13F2NO4S/c1-25(22,23)15-3-2-14(16-12(19)7-13(21)17(15)16)24-11-5-9(8-20)4-10(18)6-11/h2-6,12-13,21H,7H2,1H3/t12-,13+/m0/s1. The number of aliphatic hydroxyl groups excluding tert-OH is 1. The Hall–Kier alpha value is -2.50. The predicted molar refractivity (Wildman–Crippen MR) is 84.2 cm³/mol. The predicted octanol–water partition coefficient (Wildman–Crippen LogP) is 3.34. The van der Waals surface area contributed by atoms with Crippen molar-refractivity contribution in [2.75, 3.05) is 6.26 Å². The number of benzene rings is 2. The Morgan fingerprint density at radius 2 is 2.00 bits per heavy atom. The lowest BCUT2D eigenvalue weighted by Gasteiger charge is -2.15. The average molecular weight is 365 g/mol. The van der Waals surface area contributed by atoms with Crippen LogP contribution in [0.5, 0.6) is 11.5 Å². The number of fused-ring (bicyclic) bond motifs is 1. The van der Waals surface area contributed by atoms with Gasteiger partial charge in [0.15, 0.2) is 9.84 Å². The Bertz CT molecular complexity index is 998. The zero-order valence-electron chi connectivity index (χ0n) is 13.0. The van der Waals surface area contributed by atoms with Gasteiger partial charge in [0, 0.05) is 29.9 Å². The van der Waals surface area contributed by atoms with Crippen molar-refractivity contribution >= 4 is 9.84 Å². The lowest BCUT2D eigenvalue weighted by Crippen LogP contribution is -2.06. The molecule has 0 spiro atoms. The van der Waals surface area contributed by atoms with Gasteiger partial charge in [0.25, 0.3) is 0 Å². The highest BCUT2D eigenvalue weighted by Crippen LogP contribution is 2.49. The van der Waals surface area contributed by atoms with E-state index in [9.17, 15) is 22.3 Å². The molecule has 0 heterocycles. The summed E-state index contributed by atoms with van der Waals surface area (Å²) < 4.78 is 57.1. The van der Waals surface area contributed by atoms with Gasteiger partial charge in [-0.05, 0) is 24.3 Å². The molecular formula is C17H13F2NO4S. The molecule has 2 aromatic carbocycles. The van der Waals surface area contributed by atoms with E-state index in [1.165, 1.54) is 18.2 Å². The molecular weight excluding hydrogens is 352 g/mol. The molecule has 2 atom stereocenters. The molecule has 5 nitrogen and oxygen atoms in total. The summed E-state index contributed by atoms with van der Waals surface area (Å²) in [6, 6.07) is 7.58. The van der Waals surface area contributed by atoms with Crippen molar-refractivity contribution < 1.29 is 27.0 Å². The van der Waals surface area contributed by atoms with Crippen molar-refractivity contribution in [1.29, 1.82) is 5.26 Å². The molecule has 8 heteroatoms. The second-order valence-electron chi connectivity index (χ2n) is 5.77. The van der Waals surface area contributed by atoms with E-state index in [2.05, 4.69) is 0 Å². The van der Waals surface area contributed by atoms with Crippen LogP contribution in [0.4, 0.5) is 8.78 Å². The molecule has 0 saturated carbocycles. The molecule has 1 aliphatic rings. The summed E-state index contributed by atoms with van der Waals surface area (Å²) >= 11 is 0. The second kappa shape index (κ2) is 6.10. The van der Waals surface area contributed by atoms with Gasteiger partial charge in [0.05, 0.1) is 22.6 Å². The molecule has 3 rings (SSSR count). The average Bonchev–Trinajstić information content (AvgIpc) is 2.81. The van der Waals surface area contributed by atoms with Crippen LogP contribution in [0.2, 0.25) is 0 Å². The van der Waals surface area contributed by atoms with Gasteiger partial charge in [-0.25, -0.2) is 17.2 Å². The highest BCUT2D eigenvalue weighted by Gasteiger charge is 2.37. The van der Waals surface area contributed by atoms with E-state index < -0.39 is 27.9 Å². The molecule has 1 N–H and O–H groups in total. The van der Waals surface area contributed by atoms with Crippen LogP contribution in [0.15, 0.2) is 35.2 Å². The molecule has 0 radical (unpaired) electrons. The van der Waals surface area contributed by atoms with Gasteiger partial charge in [-0.3, -0.25) is 0 Å². The van der Waals surface area contributed by atoms with E-state index in [-0.39, 0.29) is 39.5 Å². The first kappa shape index (κ1) is 17.3. The maximum Gasteiger partial charge on any atom is 0.175 e. The third kappa shape index (κ3) is 3.21. The van der Waals surface area contributed by atoms with Crippen LogP contribution >= 0.6 is 0 Å². The maximum absolute atomic E-state index is 14.4. The van der Waals surface area contributed by atoms with Crippen molar-refractivity contribution in [3.63, 3.8) is 0 Å². The molecule has 130 valence electrons. The molecule has 0 aromatic heterocycles. The SMILES string of the molecule is CS(=O)(=O)c1ccc(Oc2cc(F)cc(C#N)c2)c2c1[C@H](O)C[C@@H]2F. The van der Waals surface area contributed by atoms with Gasteiger partial charge in [0.1, 0.15) is 23.5 Å². The third-order valence-corrected chi connectivity index (χ3v) is 5.07. The topological polar surface area (TPSA) is 87.4 Å². The number of alkyl halides is 1. The summed E-state index contributed by atoms with van der Waals surface area (Å²) in [5.74, 6) is -0.754. The van der Waals surface area contributed by atoms with Gasteiger partial charge in [0.2, 0.25) is 0 Å². The number of nitriles is 1. The minimum atomic E-state index is -3.68. The van der Waals surface area contributed by atoms with E-state index in [1.807, 2.05) is 0 Å². The fraction of sp³-hybridized carbons (Fsp3) is 0.235. The van der Waals surface area contributed by atoms with Crippen molar-refractivity contribution in [3.8, 4) is 17.6 Å². The minimum Gasteiger partial charge on any atom is -0.457 e. The largest absolute Gasteiger partial charge is 0.457 e. The van der Waals surface area contributed by atoms with Crippen LogP contribution in [0.1, 0.15) is 35.4 Å². The Morgan fingerprint density at radius 3 is 2.64 bits per heavy atom. The summed E-state index contributed by atoms with van der Waals surface area (Å²) in [6.07, 6.45) is -2.22. The Morgan fingerprint density at radius 1 is 1.28 bits per heavy atom. The molecule has 0 bridgehead atoms. The monoisotopic (exact) mass is 365 g/mol. The first-order chi connectivity index (χ1) is 11.7. The van der Waals surface area contributed by atoms with E-state index in [4.69, 9.17) is 10.00 Å². The highest BCUT2D eigenvalue weighted by atomic mass is 32.2. The van der Waals surface area contributed by atoms with E-state index in [1.54, 1.807) is 6.07 Å². The number of hydrogen-bond donors (Lipinski definition) is 1. The van der Waals surface area contributed by atoms with Crippen LogP contribution in [-0.4, -0.2) is 19.8 Å². The van der Waals surface area contributed by atoms with Gasteiger partial charge in [-0.15, -0.1) is 0 Å². The molecule has 1 aliphatic carbocycles. The van der Waals surface area contributed by atoms with Crippen LogP contribution in [-0.2, 0) is 9.84 Å². The number of aliphatic hydroxyl groups is 1. The Balaban J connectivity index is 2.14. The Kier molecular flexibility index (Phi) is 4.22. The van der Waals surface area contributed by atoms with Crippen LogP contribution < -0.4 is 4.74 Å². The minimum absolute atomic E-state index is 0.0243. The second-order valence-corrected chi connectivity index (χ2v) is 7.75. The molecule has 0 amide bonds. The summed E-state index contributed by atoms with van der Waals surface area (Å²) in [7, 11) is -3.68. The van der Waals surface area contributed by atoms with Gasteiger partial charge < -0.3 is 9.84 Å². The third-order valence-electron chi connectivity index (χ3n) is 3.91. The first-order valence-electron chi connectivity index (χ1n) is 7.28. The molecule has 0 saturated heterocycles. The molecule has 0 unspecified atom stereocenters. The smallest absolute Gasteiger partial charge is 0.175 e. The zero-order chi connectivity index (χ0) is 18.4. The molecule has 0 fully saturated rings. The molecule has 2 aromatic rings. The fourth-order valence-electron chi connectivity index (χ4n) is 2.92. The lowest BCUT2D eigenvalue weighted by molar-refractivity contribution is 0.149. The lowest BCUT2D eigenvalue weighted by atomic mass is 10.1. The number of hydrogen-bond acceptors (Lipinski definition) is 5. The van der Waals surface area contributed by atoms with E-state index in [0.29, 0.717) is 0 Å². The van der Waals surface area contributed by atoms with Gasteiger partial charge >= 0.3 is 0 Å². The van der Waals surface area contributed by atoms with Crippen molar-refractivity contribution in [1.82, 2.24) is 0 Å². The zero-order valence-corrected chi connectivity index (χ0v) is 13.8. The van der Waals surface area contributed by atoms with Gasteiger partial charge in [-0.2, -0.15) is 5.26 Å². The normalized spacial score (nSPS) is 19.3. The van der Waals surface area contributed by atoms with E-state index >= 15 is 0 Å². The van der Waals surface area contributed by atoms with Gasteiger partial charge in [-0.1, -0.05) is 0 Å². The summed E-state index contributed by atoms with van der Waals surface area (Å²) in [5, 5.41) is 18.9. The number of ether oxygens (including phenoxy) is 1. The molecule has 25 heavy (non-hydrogen) atoms. The van der Waals surface area contributed by atoms with Crippen LogP contribution in [0.25, 0.3) is 0 Å². The van der Waals surface area contributed by atoms with Crippen molar-refractivity contribution in [3.05, 3.63) is 52.8 Å². The molecule has 0 aliphatic heterocycles. The van der Waals surface area contributed by atoms with Crippen molar-refractivity contribution in [2.24, 2.45) is 0 Å². The highest BCUT2D eigenvalue weighted by molar-refractivity contribution is 7.90. The maximum atomic E-state index is 14.4. The summed E-state index contributed by atoms with van der Waals surface area (Å²) in [5.41, 5.74) is -0.0844. The van der Waals surface area contributed by atoms with Crippen LogP contribution in [0.3, 0.4) is 0 Å². The Labute approximate surface area is 143 Å². The number of rotatable bonds is 3. The van der Waals surface area contributed by atoms with Crippen LogP contribution in [0, 0.1) is 17.1 Å². The number of sulfone groups is 1.